The number of rotatable bonds is 15. The summed E-state index contributed by atoms with van der Waals surface area (Å²) in [5, 5.41) is 9.02. The fourth-order valence-corrected chi connectivity index (χ4v) is 3.87. The van der Waals surface area contributed by atoms with E-state index in [0.717, 1.165) is 5.56 Å². The van der Waals surface area contributed by atoms with Crippen molar-refractivity contribution >= 4 is 23.4 Å². The molecule has 0 saturated carbocycles. The molecule has 2 heterocycles. The van der Waals surface area contributed by atoms with E-state index in [1.807, 2.05) is 30.3 Å². The van der Waals surface area contributed by atoms with Crippen molar-refractivity contribution in [3.8, 4) is 0 Å². The lowest BCUT2D eigenvalue weighted by molar-refractivity contribution is -0.135. The van der Waals surface area contributed by atoms with Gasteiger partial charge in [0.1, 0.15) is 17.4 Å². The summed E-state index contributed by atoms with van der Waals surface area (Å²) < 4.78 is 20.5. The smallest absolute Gasteiger partial charge is 0.274 e. The molecule has 3 rings (SSSR count). The number of ether oxygens (including phenoxy) is 3. The number of Topliss-reactive ketones (excluding diaryl/α,β-unsaturated/α-hetero) is 2. The van der Waals surface area contributed by atoms with Gasteiger partial charge >= 0.3 is 0 Å². The standard InChI is InChI=1S/C26H33N3O8/c1-16-10-20(29-37-16)25(33)28-21(14-35-4)22(30)12-18(13-34-3)24(32)27-19(23(31)26(2)15-36-26)11-17-8-6-5-7-9-17/h5-10,18-19,21H,11-15H2,1-4H3,(H,27,32)(H,28,33)/t18-,19-,21-,26+/m0/s1. The number of carbonyl (C=O) groups is 4. The van der Waals surface area contributed by atoms with Gasteiger partial charge in [0.25, 0.3) is 5.91 Å². The van der Waals surface area contributed by atoms with Gasteiger partial charge in [0.2, 0.25) is 5.91 Å². The average molecular weight is 516 g/mol. The maximum absolute atomic E-state index is 13.3. The quantitative estimate of drug-likeness (QED) is 0.332. The first-order valence-electron chi connectivity index (χ1n) is 11.9. The predicted octanol–water partition coefficient (Wildman–Crippen LogP) is 1.04. The Labute approximate surface area is 215 Å². The summed E-state index contributed by atoms with van der Waals surface area (Å²) in [6.07, 6.45) is 0.0311. The highest BCUT2D eigenvalue weighted by Crippen LogP contribution is 2.29. The minimum absolute atomic E-state index is 0.0237. The van der Waals surface area contributed by atoms with E-state index in [4.69, 9.17) is 18.7 Å². The number of nitrogens with zero attached hydrogens (tertiary/aromatic N) is 1. The number of ketones is 2. The lowest BCUT2D eigenvalue weighted by atomic mass is 9.93. The predicted molar refractivity (Wildman–Crippen MR) is 131 cm³/mol. The summed E-state index contributed by atoms with van der Waals surface area (Å²) in [6, 6.07) is 8.88. The number of aryl methyl sites for hydroxylation is 1. The molecule has 200 valence electrons. The lowest BCUT2D eigenvalue weighted by Gasteiger charge is -2.24. The highest BCUT2D eigenvalue weighted by atomic mass is 16.6. The van der Waals surface area contributed by atoms with Crippen molar-refractivity contribution < 1.29 is 37.9 Å². The third-order valence-electron chi connectivity index (χ3n) is 6.09. The second kappa shape index (κ2) is 12.7. The Kier molecular flexibility index (Phi) is 9.67. The summed E-state index contributed by atoms with van der Waals surface area (Å²) >= 11 is 0. The largest absolute Gasteiger partial charge is 0.384 e. The molecule has 1 aromatic heterocycles. The van der Waals surface area contributed by atoms with Gasteiger partial charge in [-0.05, 0) is 25.8 Å². The number of aromatic nitrogens is 1. The van der Waals surface area contributed by atoms with Gasteiger partial charge in [0.15, 0.2) is 17.3 Å². The molecule has 1 aromatic carbocycles. The fourth-order valence-electron chi connectivity index (χ4n) is 3.87. The summed E-state index contributed by atoms with van der Waals surface area (Å²) in [4.78, 5) is 52.0. The van der Waals surface area contributed by atoms with E-state index in [9.17, 15) is 19.2 Å². The number of carbonyl (C=O) groups excluding carboxylic acids is 4. The summed E-state index contributed by atoms with van der Waals surface area (Å²) in [5.74, 6) is -2.24. The van der Waals surface area contributed by atoms with Crippen LogP contribution < -0.4 is 10.6 Å². The van der Waals surface area contributed by atoms with Gasteiger partial charge < -0.3 is 29.4 Å². The first-order chi connectivity index (χ1) is 17.7. The first kappa shape index (κ1) is 28.2. The van der Waals surface area contributed by atoms with E-state index in [1.54, 1.807) is 13.8 Å². The maximum Gasteiger partial charge on any atom is 0.274 e. The van der Waals surface area contributed by atoms with Crippen molar-refractivity contribution in [1.29, 1.82) is 0 Å². The second-order valence-corrected chi connectivity index (χ2v) is 9.26. The van der Waals surface area contributed by atoms with Gasteiger partial charge in [-0.25, -0.2) is 0 Å². The van der Waals surface area contributed by atoms with Crippen molar-refractivity contribution in [1.82, 2.24) is 15.8 Å². The Morgan fingerprint density at radius 3 is 2.30 bits per heavy atom. The molecule has 4 atom stereocenters. The summed E-state index contributed by atoms with van der Waals surface area (Å²) in [6.45, 7) is 3.45. The summed E-state index contributed by atoms with van der Waals surface area (Å²) in [5.41, 5.74) is -0.0431. The second-order valence-electron chi connectivity index (χ2n) is 9.26. The normalized spacial score (nSPS) is 18.9. The number of hydrogen-bond acceptors (Lipinski definition) is 9. The number of epoxide rings is 1. The van der Waals surface area contributed by atoms with E-state index >= 15 is 0 Å². The monoisotopic (exact) mass is 515 g/mol. The van der Waals surface area contributed by atoms with Gasteiger partial charge in [-0.15, -0.1) is 0 Å². The Bertz CT molecular complexity index is 1100. The highest BCUT2D eigenvalue weighted by molar-refractivity contribution is 5.99. The van der Waals surface area contributed by atoms with E-state index in [0.29, 0.717) is 5.76 Å². The molecule has 0 radical (unpaired) electrons. The number of methoxy groups -OCH3 is 2. The molecule has 0 spiro atoms. The Morgan fingerprint density at radius 1 is 1.05 bits per heavy atom. The van der Waals surface area contributed by atoms with Gasteiger partial charge in [-0.3, -0.25) is 19.2 Å². The van der Waals surface area contributed by atoms with Gasteiger partial charge in [0, 0.05) is 26.7 Å². The molecule has 0 bridgehead atoms. The van der Waals surface area contributed by atoms with Crippen molar-refractivity contribution in [2.45, 2.75) is 44.4 Å². The maximum atomic E-state index is 13.3. The molecular weight excluding hydrogens is 482 g/mol. The molecule has 2 amide bonds. The van der Waals surface area contributed by atoms with Gasteiger partial charge in [-0.1, -0.05) is 35.5 Å². The zero-order valence-corrected chi connectivity index (χ0v) is 21.4. The summed E-state index contributed by atoms with van der Waals surface area (Å²) in [7, 11) is 2.81. The van der Waals surface area contributed by atoms with Crippen LogP contribution in [0.25, 0.3) is 0 Å². The molecule has 11 heteroatoms. The molecule has 37 heavy (non-hydrogen) atoms. The highest BCUT2D eigenvalue weighted by Gasteiger charge is 2.50. The van der Waals surface area contributed by atoms with Crippen LogP contribution in [0.15, 0.2) is 40.9 Å². The molecular formula is C26H33N3O8. The van der Waals surface area contributed by atoms with Crippen LogP contribution >= 0.6 is 0 Å². The Hall–Kier alpha value is -3.41. The lowest BCUT2D eigenvalue weighted by Crippen LogP contribution is -2.51. The van der Waals surface area contributed by atoms with Crippen molar-refractivity contribution in [2.75, 3.05) is 34.0 Å². The molecule has 2 aromatic rings. The fraction of sp³-hybridized carbons (Fsp3) is 0.500. The zero-order valence-electron chi connectivity index (χ0n) is 21.4. The van der Waals surface area contributed by atoms with Crippen LogP contribution in [0.3, 0.4) is 0 Å². The minimum atomic E-state index is -1.03. The SMILES string of the molecule is COC[C@H](CC(=O)[C@H](COC)NC(=O)c1cc(C)on1)C(=O)N[C@@H](Cc1ccccc1)C(=O)[C@@]1(C)CO1. The van der Waals surface area contributed by atoms with E-state index in [2.05, 4.69) is 15.8 Å². The van der Waals surface area contributed by atoms with Crippen LogP contribution in [0.5, 0.6) is 0 Å². The topological polar surface area (TPSA) is 149 Å². The van der Waals surface area contributed by atoms with Gasteiger partial charge in [-0.2, -0.15) is 0 Å². The number of amides is 2. The van der Waals surface area contributed by atoms with Crippen LogP contribution in [0.2, 0.25) is 0 Å². The number of hydrogen-bond donors (Lipinski definition) is 2. The molecule has 1 aliphatic heterocycles. The van der Waals surface area contributed by atoms with Crippen molar-refractivity contribution in [2.24, 2.45) is 5.92 Å². The van der Waals surface area contributed by atoms with Crippen molar-refractivity contribution in [3.63, 3.8) is 0 Å². The molecule has 0 unspecified atom stereocenters. The Balaban J connectivity index is 1.70. The van der Waals surface area contributed by atoms with Crippen LogP contribution in [0.4, 0.5) is 0 Å². The molecule has 11 nitrogen and oxygen atoms in total. The molecule has 1 aliphatic rings. The molecule has 1 fully saturated rings. The minimum Gasteiger partial charge on any atom is -0.384 e. The van der Waals surface area contributed by atoms with Crippen molar-refractivity contribution in [3.05, 3.63) is 53.4 Å². The Morgan fingerprint density at radius 2 is 1.73 bits per heavy atom. The van der Waals surface area contributed by atoms with Crippen LogP contribution in [-0.4, -0.2) is 80.3 Å². The molecule has 1 saturated heterocycles. The van der Waals surface area contributed by atoms with E-state index in [1.165, 1.54) is 20.3 Å². The zero-order chi connectivity index (χ0) is 27.0. The van der Waals surface area contributed by atoms with E-state index in [-0.39, 0.29) is 44.1 Å². The molecule has 0 aliphatic carbocycles. The van der Waals surface area contributed by atoms with Crippen LogP contribution in [0.1, 0.15) is 35.2 Å². The third kappa shape index (κ3) is 7.78. The van der Waals surface area contributed by atoms with Gasteiger partial charge in [0.05, 0.1) is 31.8 Å². The third-order valence-corrected chi connectivity index (χ3v) is 6.09. The number of benzene rings is 1. The van der Waals surface area contributed by atoms with Crippen LogP contribution in [-0.2, 0) is 35.0 Å². The first-order valence-corrected chi connectivity index (χ1v) is 11.9. The molecule has 2 N–H and O–H groups in total. The van der Waals surface area contributed by atoms with Crippen LogP contribution in [0, 0.1) is 12.8 Å². The van der Waals surface area contributed by atoms with E-state index < -0.39 is 41.2 Å². The average Bonchev–Trinajstić information content (AvgIpc) is 3.48. The number of nitrogens with one attached hydrogen (secondary N) is 2.